The van der Waals surface area contributed by atoms with Crippen molar-refractivity contribution in [2.45, 2.75) is 72.1 Å². The van der Waals surface area contributed by atoms with Crippen molar-refractivity contribution in [3.05, 3.63) is 0 Å². The highest BCUT2D eigenvalue weighted by molar-refractivity contribution is 5.06. The van der Waals surface area contributed by atoms with Crippen LogP contribution in [0.1, 0.15) is 54.9 Å². The van der Waals surface area contributed by atoms with Crippen molar-refractivity contribution >= 4 is 0 Å². The third-order valence-electron chi connectivity index (χ3n) is 4.44. The molecular formula is C16H34N2O. The van der Waals surface area contributed by atoms with Crippen LogP contribution in [0, 0.1) is 5.92 Å². The van der Waals surface area contributed by atoms with Gasteiger partial charge in [-0.1, -0.05) is 20.8 Å². The molecule has 0 saturated carbocycles. The van der Waals surface area contributed by atoms with Crippen LogP contribution in [-0.2, 0) is 4.74 Å². The summed E-state index contributed by atoms with van der Waals surface area (Å²) in [5.41, 5.74) is -0.146. The Hall–Kier alpha value is -0.120. The minimum atomic E-state index is -0.0875. The Morgan fingerprint density at radius 3 is 2.16 bits per heavy atom. The minimum absolute atomic E-state index is 0.0580. The van der Waals surface area contributed by atoms with E-state index in [0.717, 1.165) is 19.6 Å². The Kier molecular flexibility index (Phi) is 5.84. The number of rotatable bonds is 7. The predicted octanol–water partition coefficient (Wildman–Crippen LogP) is 2.90. The van der Waals surface area contributed by atoms with E-state index in [4.69, 9.17) is 4.74 Å². The fourth-order valence-corrected chi connectivity index (χ4v) is 3.61. The molecule has 0 amide bonds. The quantitative estimate of drug-likeness (QED) is 0.770. The summed E-state index contributed by atoms with van der Waals surface area (Å²) in [6.07, 6.45) is 1.22. The van der Waals surface area contributed by atoms with E-state index in [2.05, 4.69) is 58.7 Å². The van der Waals surface area contributed by atoms with Crippen LogP contribution < -0.4 is 5.32 Å². The average molecular weight is 270 g/mol. The van der Waals surface area contributed by atoms with Crippen LogP contribution in [0.2, 0.25) is 0 Å². The molecule has 1 heterocycles. The van der Waals surface area contributed by atoms with E-state index < -0.39 is 0 Å². The average Bonchev–Trinajstić information content (AvgIpc) is 2.46. The van der Waals surface area contributed by atoms with E-state index in [9.17, 15) is 0 Å². The van der Waals surface area contributed by atoms with Gasteiger partial charge >= 0.3 is 0 Å². The number of likely N-dealkylation sites (N-methyl/N-ethyl adjacent to an activating group) is 1. The van der Waals surface area contributed by atoms with Gasteiger partial charge in [-0.05, 0) is 53.8 Å². The van der Waals surface area contributed by atoms with Crippen molar-refractivity contribution in [3.63, 3.8) is 0 Å². The topological polar surface area (TPSA) is 24.5 Å². The van der Waals surface area contributed by atoms with Crippen LogP contribution in [0.15, 0.2) is 0 Å². The summed E-state index contributed by atoms with van der Waals surface area (Å²) in [7, 11) is 0. The molecule has 1 saturated heterocycles. The van der Waals surface area contributed by atoms with Crippen molar-refractivity contribution in [2.24, 2.45) is 5.92 Å². The fourth-order valence-electron chi connectivity index (χ4n) is 3.61. The van der Waals surface area contributed by atoms with Gasteiger partial charge in [0.2, 0.25) is 0 Å². The third-order valence-corrected chi connectivity index (χ3v) is 4.44. The Morgan fingerprint density at radius 1 is 1.05 bits per heavy atom. The molecule has 114 valence electrons. The number of hydrogen-bond acceptors (Lipinski definition) is 3. The highest BCUT2D eigenvalue weighted by Crippen LogP contribution is 2.42. The molecule has 0 radical (unpaired) electrons. The lowest BCUT2D eigenvalue weighted by Crippen LogP contribution is -2.51. The summed E-state index contributed by atoms with van der Waals surface area (Å²) in [6, 6.07) is 0.429. The summed E-state index contributed by atoms with van der Waals surface area (Å²) >= 11 is 0. The molecule has 0 spiro atoms. The summed E-state index contributed by atoms with van der Waals surface area (Å²) in [6.45, 7) is 20.1. The van der Waals surface area contributed by atoms with Crippen LogP contribution in [0.25, 0.3) is 0 Å². The summed E-state index contributed by atoms with van der Waals surface area (Å²) in [5.74, 6) is 0.536. The van der Waals surface area contributed by atoms with Gasteiger partial charge in [0.25, 0.3) is 0 Å². The van der Waals surface area contributed by atoms with E-state index in [1.165, 1.54) is 13.0 Å². The van der Waals surface area contributed by atoms with Crippen LogP contribution in [0.3, 0.4) is 0 Å². The second kappa shape index (κ2) is 6.55. The molecule has 1 fully saturated rings. The number of nitrogens with zero attached hydrogens (tertiary/aromatic N) is 1. The van der Waals surface area contributed by atoms with Crippen LogP contribution >= 0.6 is 0 Å². The van der Waals surface area contributed by atoms with Crippen molar-refractivity contribution in [1.82, 2.24) is 10.2 Å². The molecule has 2 atom stereocenters. The van der Waals surface area contributed by atoms with E-state index in [1.807, 2.05) is 0 Å². The zero-order valence-corrected chi connectivity index (χ0v) is 14.0. The molecule has 0 aromatic heterocycles. The van der Waals surface area contributed by atoms with Gasteiger partial charge < -0.3 is 15.0 Å². The van der Waals surface area contributed by atoms with Crippen LogP contribution in [0.4, 0.5) is 0 Å². The second-order valence-electron chi connectivity index (χ2n) is 6.84. The molecule has 3 heteroatoms. The van der Waals surface area contributed by atoms with E-state index in [0.29, 0.717) is 12.0 Å². The molecule has 1 aliphatic rings. The van der Waals surface area contributed by atoms with Gasteiger partial charge in [-0.25, -0.2) is 0 Å². The van der Waals surface area contributed by atoms with Gasteiger partial charge in [-0.3, -0.25) is 0 Å². The summed E-state index contributed by atoms with van der Waals surface area (Å²) in [4.78, 5) is 2.56. The molecule has 1 aliphatic heterocycles. The molecule has 0 aromatic rings. The molecule has 2 unspecified atom stereocenters. The molecule has 0 aromatic carbocycles. The summed E-state index contributed by atoms with van der Waals surface area (Å²) < 4.78 is 6.35. The smallest absolute Gasteiger partial charge is 0.0790 e. The van der Waals surface area contributed by atoms with Crippen molar-refractivity contribution < 1.29 is 4.74 Å². The minimum Gasteiger partial charge on any atom is -0.368 e. The van der Waals surface area contributed by atoms with Crippen molar-refractivity contribution in [3.8, 4) is 0 Å². The standard InChI is InChI=1S/C16H34N2O/c1-8-11-18(10-3)12-13-14(17-9-2)16(6,7)19-15(13,4)5/h13-14,17H,8-12H2,1-7H3. The Labute approximate surface area is 120 Å². The maximum absolute atomic E-state index is 6.35. The first-order valence-electron chi connectivity index (χ1n) is 7.94. The van der Waals surface area contributed by atoms with E-state index in [-0.39, 0.29) is 11.2 Å². The molecule has 19 heavy (non-hydrogen) atoms. The normalized spacial score (nSPS) is 29.1. The number of hydrogen-bond donors (Lipinski definition) is 1. The zero-order chi connectivity index (χ0) is 14.7. The van der Waals surface area contributed by atoms with Crippen LogP contribution in [0.5, 0.6) is 0 Å². The Balaban J connectivity index is 2.86. The van der Waals surface area contributed by atoms with E-state index >= 15 is 0 Å². The van der Waals surface area contributed by atoms with Gasteiger partial charge in [-0.15, -0.1) is 0 Å². The first kappa shape index (κ1) is 16.9. The highest BCUT2D eigenvalue weighted by atomic mass is 16.5. The molecular weight excluding hydrogens is 236 g/mol. The summed E-state index contributed by atoms with van der Waals surface area (Å²) in [5, 5.41) is 3.66. The SMILES string of the molecule is CCCN(CC)CC1C(NCC)C(C)(C)OC1(C)C. The third kappa shape index (κ3) is 3.93. The van der Waals surface area contributed by atoms with Gasteiger partial charge in [0, 0.05) is 18.5 Å². The Morgan fingerprint density at radius 2 is 1.68 bits per heavy atom. The fraction of sp³-hybridized carbons (Fsp3) is 1.00. The lowest BCUT2D eigenvalue weighted by molar-refractivity contribution is -0.0795. The Bertz CT molecular complexity index is 276. The maximum atomic E-state index is 6.35. The largest absolute Gasteiger partial charge is 0.368 e. The van der Waals surface area contributed by atoms with Crippen LogP contribution in [-0.4, -0.2) is 48.3 Å². The van der Waals surface area contributed by atoms with Crippen molar-refractivity contribution in [2.75, 3.05) is 26.2 Å². The van der Waals surface area contributed by atoms with E-state index in [1.54, 1.807) is 0 Å². The molecule has 1 N–H and O–H groups in total. The molecule has 1 rings (SSSR count). The lowest BCUT2D eigenvalue weighted by Gasteiger charge is -2.34. The van der Waals surface area contributed by atoms with Gasteiger partial charge in [-0.2, -0.15) is 0 Å². The first-order chi connectivity index (χ1) is 8.78. The van der Waals surface area contributed by atoms with Gasteiger partial charge in [0.1, 0.15) is 0 Å². The second-order valence-corrected chi connectivity index (χ2v) is 6.84. The maximum Gasteiger partial charge on any atom is 0.0790 e. The number of nitrogens with one attached hydrogen (secondary N) is 1. The molecule has 0 bridgehead atoms. The van der Waals surface area contributed by atoms with Crippen molar-refractivity contribution in [1.29, 1.82) is 0 Å². The number of ether oxygens (including phenoxy) is 1. The zero-order valence-electron chi connectivity index (χ0n) is 14.0. The first-order valence-corrected chi connectivity index (χ1v) is 7.94. The molecule has 3 nitrogen and oxygen atoms in total. The highest BCUT2D eigenvalue weighted by Gasteiger charge is 2.53. The monoisotopic (exact) mass is 270 g/mol. The lowest BCUT2D eigenvalue weighted by atomic mass is 9.82. The molecule has 0 aliphatic carbocycles. The van der Waals surface area contributed by atoms with Gasteiger partial charge in [0.15, 0.2) is 0 Å². The van der Waals surface area contributed by atoms with Gasteiger partial charge in [0.05, 0.1) is 11.2 Å². The predicted molar refractivity (Wildman–Crippen MR) is 82.6 cm³/mol.